The van der Waals surface area contributed by atoms with E-state index in [-0.39, 0.29) is 5.82 Å². The zero-order valence-corrected chi connectivity index (χ0v) is 9.74. The molecule has 0 aliphatic rings. The molecule has 0 fully saturated rings. The van der Waals surface area contributed by atoms with Gasteiger partial charge in [-0.05, 0) is 18.2 Å². The SMILES string of the molecule is Cc1ccc(-c2nc3ncccn3c2N=O)cc1. The molecule has 0 saturated carbocycles. The Bertz CT molecular complexity index is 715. The van der Waals surface area contributed by atoms with Crippen molar-refractivity contribution in [3.05, 3.63) is 53.2 Å². The molecule has 0 radical (unpaired) electrons. The molecule has 18 heavy (non-hydrogen) atoms. The normalized spacial score (nSPS) is 10.7. The fourth-order valence-corrected chi connectivity index (χ4v) is 1.87. The van der Waals surface area contributed by atoms with E-state index in [1.165, 1.54) is 0 Å². The van der Waals surface area contributed by atoms with Crippen molar-refractivity contribution in [2.75, 3.05) is 0 Å². The summed E-state index contributed by atoms with van der Waals surface area (Å²) in [5, 5.41) is 3.07. The van der Waals surface area contributed by atoms with Gasteiger partial charge in [0, 0.05) is 18.0 Å². The van der Waals surface area contributed by atoms with Gasteiger partial charge >= 0.3 is 0 Å². The van der Waals surface area contributed by atoms with Crippen LogP contribution in [0.3, 0.4) is 0 Å². The number of aryl methyl sites for hydroxylation is 1. The summed E-state index contributed by atoms with van der Waals surface area (Å²) in [7, 11) is 0. The predicted molar refractivity (Wildman–Crippen MR) is 68.6 cm³/mol. The predicted octanol–water partition coefficient (Wildman–Crippen LogP) is 3.10. The van der Waals surface area contributed by atoms with Crippen LogP contribution in [0.15, 0.2) is 47.9 Å². The van der Waals surface area contributed by atoms with Crippen molar-refractivity contribution in [3.63, 3.8) is 0 Å². The van der Waals surface area contributed by atoms with Crippen molar-refractivity contribution in [1.82, 2.24) is 14.4 Å². The Kier molecular flexibility index (Phi) is 2.37. The van der Waals surface area contributed by atoms with Gasteiger partial charge in [0.05, 0.1) is 0 Å². The second kappa shape index (κ2) is 4.03. The van der Waals surface area contributed by atoms with Crippen molar-refractivity contribution in [1.29, 1.82) is 0 Å². The summed E-state index contributed by atoms with van der Waals surface area (Å²) >= 11 is 0. The van der Waals surface area contributed by atoms with E-state index in [0.29, 0.717) is 11.5 Å². The third-order valence-electron chi connectivity index (χ3n) is 2.79. The fourth-order valence-electron chi connectivity index (χ4n) is 1.87. The van der Waals surface area contributed by atoms with E-state index in [1.807, 2.05) is 31.2 Å². The summed E-state index contributed by atoms with van der Waals surface area (Å²) < 4.78 is 1.59. The molecule has 1 aromatic carbocycles. The topological polar surface area (TPSA) is 59.6 Å². The van der Waals surface area contributed by atoms with Gasteiger partial charge in [-0.25, -0.2) is 9.97 Å². The molecular formula is C13H10N4O. The third-order valence-corrected chi connectivity index (χ3v) is 2.79. The molecule has 2 aromatic heterocycles. The average Bonchev–Trinajstić information content (AvgIpc) is 2.78. The van der Waals surface area contributed by atoms with Crippen LogP contribution < -0.4 is 0 Å². The molecule has 0 amide bonds. The van der Waals surface area contributed by atoms with Gasteiger partial charge in [0.2, 0.25) is 11.6 Å². The Balaban J connectivity index is 2.28. The van der Waals surface area contributed by atoms with Gasteiger partial charge in [-0.15, -0.1) is 4.91 Å². The summed E-state index contributed by atoms with van der Waals surface area (Å²) in [5.41, 5.74) is 2.57. The molecule has 5 heteroatoms. The number of fused-ring (bicyclic) bond motifs is 1. The first-order valence-corrected chi connectivity index (χ1v) is 5.53. The molecule has 0 spiro atoms. The maximum absolute atomic E-state index is 11.0. The summed E-state index contributed by atoms with van der Waals surface area (Å²) in [5.74, 6) is 0.754. The van der Waals surface area contributed by atoms with Crippen LogP contribution in [0.2, 0.25) is 0 Å². The number of aromatic nitrogens is 3. The monoisotopic (exact) mass is 238 g/mol. The lowest BCUT2D eigenvalue weighted by Gasteiger charge is -1.98. The molecule has 0 atom stereocenters. The molecular weight excluding hydrogens is 228 g/mol. The lowest BCUT2D eigenvalue weighted by atomic mass is 10.1. The van der Waals surface area contributed by atoms with Crippen LogP contribution in [0, 0.1) is 11.8 Å². The minimum Gasteiger partial charge on any atom is -0.265 e. The molecule has 2 heterocycles. The van der Waals surface area contributed by atoms with Crippen molar-refractivity contribution < 1.29 is 0 Å². The van der Waals surface area contributed by atoms with E-state index in [0.717, 1.165) is 11.1 Å². The molecule has 5 nitrogen and oxygen atoms in total. The van der Waals surface area contributed by atoms with Crippen LogP contribution in [-0.2, 0) is 0 Å². The Hall–Kier alpha value is -2.56. The second-order valence-electron chi connectivity index (χ2n) is 4.03. The maximum Gasteiger partial charge on any atom is 0.236 e. The van der Waals surface area contributed by atoms with Crippen molar-refractivity contribution >= 4 is 11.6 Å². The van der Waals surface area contributed by atoms with E-state index < -0.39 is 0 Å². The third kappa shape index (κ3) is 1.57. The molecule has 0 unspecified atom stereocenters. The minimum absolute atomic E-state index is 0.280. The molecule has 0 bridgehead atoms. The Labute approximate surface area is 103 Å². The van der Waals surface area contributed by atoms with Gasteiger partial charge < -0.3 is 0 Å². The van der Waals surface area contributed by atoms with Crippen LogP contribution in [0.5, 0.6) is 0 Å². The van der Waals surface area contributed by atoms with Gasteiger partial charge in [0.1, 0.15) is 5.69 Å². The molecule has 0 N–H and O–H groups in total. The standard InChI is InChI=1S/C13H10N4O/c1-9-3-5-10(6-4-9)11-12(16-18)17-8-2-7-14-13(17)15-11/h2-8H,1H3. The molecule has 0 aliphatic carbocycles. The van der Waals surface area contributed by atoms with E-state index in [2.05, 4.69) is 15.1 Å². The van der Waals surface area contributed by atoms with Crippen molar-refractivity contribution in [3.8, 4) is 11.3 Å². The highest BCUT2D eigenvalue weighted by molar-refractivity contribution is 5.73. The number of benzene rings is 1. The van der Waals surface area contributed by atoms with Gasteiger partial charge in [-0.2, -0.15) is 0 Å². The Morgan fingerprint density at radius 2 is 2.00 bits per heavy atom. The first-order valence-electron chi connectivity index (χ1n) is 5.53. The number of hydrogen-bond donors (Lipinski definition) is 0. The lowest BCUT2D eigenvalue weighted by molar-refractivity contribution is 1.10. The highest BCUT2D eigenvalue weighted by Gasteiger charge is 2.14. The molecule has 3 aromatic rings. The first-order chi connectivity index (χ1) is 8.79. The van der Waals surface area contributed by atoms with E-state index in [9.17, 15) is 4.91 Å². The minimum atomic E-state index is 0.280. The smallest absolute Gasteiger partial charge is 0.236 e. The number of imidazole rings is 1. The average molecular weight is 238 g/mol. The Morgan fingerprint density at radius 3 is 2.72 bits per heavy atom. The van der Waals surface area contributed by atoms with E-state index in [4.69, 9.17) is 0 Å². The summed E-state index contributed by atoms with van der Waals surface area (Å²) in [6.45, 7) is 2.01. The van der Waals surface area contributed by atoms with Gasteiger partial charge in [0.15, 0.2) is 0 Å². The zero-order chi connectivity index (χ0) is 12.5. The molecule has 0 aliphatic heterocycles. The summed E-state index contributed by atoms with van der Waals surface area (Å²) in [6, 6.07) is 9.53. The van der Waals surface area contributed by atoms with Crippen LogP contribution >= 0.6 is 0 Å². The quantitative estimate of drug-likeness (QED) is 0.644. The zero-order valence-electron chi connectivity index (χ0n) is 9.74. The van der Waals surface area contributed by atoms with Crippen LogP contribution in [0.1, 0.15) is 5.56 Å². The highest BCUT2D eigenvalue weighted by Crippen LogP contribution is 2.30. The molecule has 0 saturated heterocycles. The van der Waals surface area contributed by atoms with E-state index in [1.54, 1.807) is 22.9 Å². The first kappa shape index (κ1) is 10.6. The molecule has 3 rings (SSSR count). The second-order valence-corrected chi connectivity index (χ2v) is 4.03. The highest BCUT2D eigenvalue weighted by atomic mass is 16.3. The number of nitroso groups, excluding NO2 is 1. The maximum atomic E-state index is 11.0. The van der Waals surface area contributed by atoms with Crippen molar-refractivity contribution in [2.24, 2.45) is 5.18 Å². The summed E-state index contributed by atoms with van der Waals surface area (Å²) in [4.78, 5) is 19.5. The number of nitrogens with zero attached hydrogens (tertiary/aromatic N) is 4. The van der Waals surface area contributed by atoms with Crippen LogP contribution in [0.4, 0.5) is 5.82 Å². The summed E-state index contributed by atoms with van der Waals surface area (Å²) in [6.07, 6.45) is 3.36. The van der Waals surface area contributed by atoms with Crippen molar-refractivity contribution in [2.45, 2.75) is 6.92 Å². The number of hydrogen-bond acceptors (Lipinski definition) is 4. The largest absolute Gasteiger partial charge is 0.265 e. The Morgan fingerprint density at radius 1 is 1.22 bits per heavy atom. The lowest BCUT2D eigenvalue weighted by Crippen LogP contribution is -1.84. The van der Waals surface area contributed by atoms with Gasteiger partial charge in [-0.1, -0.05) is 29.8 Å². The van der Waals surface area contributed by atoms with E-state index >= 15 is 0 Å². The molecule has 88 valence electrons. The van der Waals surface area contributed by atoms with Crippen LogP contribution in [-0.4, -0.2) is 14.4 Å². The number of rotatable bonds is 2. The van der Waals surface area contributed by atoms with Gasteiger partial charge in [-0.3, -0.25) is 4.40 Å². The van der Waals surface area contributed by atoms with Crippen LogP contribution in [0.25, 0.3) is 17.0 Å². The fraction of sp³-hybridized carbons (Fsp3) is 0.0769. The van der Waals surface area contributed by atoms with Gasteiger partial charge in [0.25, 0.3) is 0 Å².